The lowest BCUT2D eigenvalue weighted by Crippen LogP contribution is -2.26. The van der Waals surface area contributed by atoms with Crippen LogP contribution in [0.5, 0.6) is 0 Å². The standard InChI is InChI=1S/C16H25NO2/c1-19-16(18)7-5-3-2-4-6-14-12-8-9-13(10-12)15(14)11-17/h2,4,8-9,12-15H,3,5-7,10-11,17H2,1H3/b4-2-. The molecular formula is C16H25NO2. The number of esters is 1. The summed E-state index contributed by atoms with van der Waals surface area (Å²) in [4.78, 5) is 11.0. The highest BCUT2D eigenvalue weighted by atomic mass is 16.5. The molecule has 2 aliphatic carbocycles. The zero-order chi connectivity index (χ0) is 13.7. The fourth-order valence-electron chi connectivity index (χ4n) is 3.56. The molecule has 4 atom stereocenters. The number of hydrogen-bond acceptors (Lipinski definition) is 3. The van der Waals surface area contributed by atoms with Gasteiger partial charge in [-0.25, -0.2) is 0 Å². The number of unbranched alkanes of at least 4 members (excludes halogenated alkanes) is 1. The van der Waals surface area contributed by atoms with Crippen molar-refractivity contribution in [2.45, 2.75) is 32.1 Å². The molecule has 4 unspecified atom stereocenters. The van der Waals surface area contributed by atoms with Gasteiger partial charge in [-0.15, -0.1) is 0 Å². The smallest absolute Gasteiger partial charge is 0.305 e. The highest BCUT2D eigenvalue weighted by molar-refractivity contribution is 5.69. The molecule has 0 saturated heterocycles. The van der Waals surface area contributed by atoms with Crippen LogP contribution in [0.2, 0.25) is 0 Å². The van der Waals surface area contributed by atoms with E-state index < -0.39 is 0 Å². The molecule has 0 spiro atoms. The summed E-state index contributed by atoms with van der Waals surface area (Å²) in [5, 5.41) is 0. The average Bonchev–Trinajstić information content (AvgIpc) is 3.02. The number of fused-ring (bicyclic) bond motifs is 2. The highest BCUT2D eigenvalue weighted by Crippen LogP contribution is 2.48. The van der Waals surface area contributed by atoms with Crippen molar-refractivity contribution in [3.05, 3.63) is 24.3 Å². The van der Waals surface area contributed by atoms with E-state index in [-0.39, 0.29) is 5.97 Å². The van der Waals surface area contributed by atoms with Gasteiger partial charge in [0.15, 0.2) is 0 Å². The molecule has 1 fully saturated rings. The summed E-state index contributed by atoms with van der Waals surface area (Å²) in [6.45, 7) is 0.812. The zero-order valence-corrected chi connectivity index (χ0v) is 11.8. The Bertz CT molecular complexity index is 362. The summed E-state index contributed by atoms with van der Waals surface area (Å²) >= 11 is 0. The van der Waals surface area contributed by atoms with Crippen LogP contribution in [0.25, 0.3) is 0 Å². The second-order valence-electron chi connectivity index (χ2n) is 5.69. The van der Waals surface area contributed by atoms with Crippen molar-refractivity contribution in [3.63, 3.8) is 0 Å². The molecule has 0 aliphatic heterocycles. The molecule has 0 radical (unpaired) electrons. The first-order valence-corrected chi connectivity index (χ1v) is 7.36. The predicted octanol–water partition coefficient (Wildman–Crippen LogP) is 2.67. The minimum Gasteiger partial charge on any atom is -0.469 e. The van der Waals surface area contributed by atoms with Crippen LogP contribution in [-0.4, -0.2) is 19.6 Å². The van der Waals surface area contributed by atoms with Crippen molar-refractivity contribution in [2.24, 2.45) is 29.4 Å². The van der Waals surface area contributed by atoms with Gasteiger partial charge >= 0.3 is 5.97 Å². The Labute approximate surface area is 115 Å². The van der Waals surface area contributed by atoms with Gasteiger partial charge in [0.25, 0.3) is 0 Å². The van der Waals surface area contributed by atoms with Crippen LogP contribution in [0.15, 0.2) is 24.3 Å². The van der Waals surface area contributed by atoms with Crippen LogP contribution in [0.3, 0.4) is 0 Å². The van der Waals surface area contributed by atoms with Crippen LogP contribution in [0.4, 0.5) is 0 Å². The van der Waals surface area contributed by atoms with E-state index in [4.69, 9.17) is 5.73 Å². The third-order valence-electron chi connectivity index (χ3n) is 4.63. The molecule has 2 rings (SSSR count). The topological polar surface area (TPSA) is 52.3 Å². The number of hydrogen-bond donors (Lipinski definition) is 1. The van der Waals surface area contributed by atoms with Crippen molar-refractivity contribution < 1.29 is 9.53 Å². The minimum atomic E-state index is -0.116. The Hall–Kier alpha value is -1.09. The van der Waals surface area contributed by atoms with Gasteiger partial charge in [0.1, 0.15) is 0 Å². The van der Waals surface area contributed by atoms with Crippen LogP contribution < -0.4 is 5.73 Å². The van der Waals surface area contributed by atoms with Gasteiger partial charge in [0.2, 0.25) is 0 Å². The van der Waals surface area contributed by atoms with Crippen molar-refractivity contribution in [3.8, 4) is 0 Å². The Morgan fingerprint density at radius 1 is 1.32 bits per heavy atom. The first-order chi connectivity index (χ1) is 9.26. The van der Waals surface area contributed by atoms with Gasteiger partial charge in [-0.2, -0.15) is 0 Å². The molecule has 0 aromatic carbocycles. The van der Waals surface area contributed by atoms with Gasteiger partial charge < -0.3 is 10.5 Å². The fraction of sp³-hybridized carbons (Fsp3) is 0.688. The van der Waals surface area contributed by atoms with Crippen LogP contribution >= 0.6 is 0 Å². The number of carbonyl (C=O) groups excluding carboxylic acids is 1. The van der Waals surface area contributed by atoms with Crippen LogP contribution in [0.1, 0.15) is 32.1 Å². The maximum absolute atomic E-state index is 11.0. The van der Waals surface area contributed by atoms with Crippen LogP contribution in [0, 0.1) is 23.7 Å². The largest absolute Gasteiger partial charge is 0.469 e. The van der Waals surface area contributed by atoms with E-state index in [0.29, 0.717) is 12.3 Å². The third-order valence-corrected chi connectivity index (χ3v) is 4.63. The first kappa shape index (κ1) is 14.3. The van der Waals surface area contributed by atoms with Gasteiger partial charge in [0, 0.05) is 6.42 Å². The number of ether oxygens (including phenoxy) is 1. The summed E-state index contributed by atoms with van der Waals surface area (Å²) in [6.07, 6.45) is 14.0. The Morgan fingerprint density at radius 2 is 2.05 bits per heavy atom. The lowest BCUT2D eigenvalue weighted by atomic mass is 9.81. The molecular weight excluding hydrogens is 238 g/mol. The molecule has 0 aromatic heterocycles. The normalized spacial score (nSPS) is 32.3. The van der Waals surface area contributed by atoms with Gasteiger partial charge in [-0.1, -0.05) is 24.3 Å². The summed E-state index contributed by atoms with van der Waals surface area (Å²) in [5.41, 5.74) is 5.90. The second-order valence-corrected chi connectivity index (χ2v) is 5.69. The maximum Gasteiger partial charge on any atom is 0.305 e. The molecule has 3 nitrogen and oxygen atoms in total. The van der Waals surface area contributed by atoms with Gasteiger partial charge in [-0.3, -0.25) is 4.79 Å². The molecule has 1 saturated carbocycles. The number of nitrogens with two attached hydrogens (primary N) is 1. The second kappa shape index (κ2) is 6.90. The van der Waals surface area contributed by atoms with Crippen LogP contribution in [-0.2, 0) is 9.53 Å². The molecule has 0 aromatic rings. The zero-order valence-electron chi connectivity index (χ0n) is 11.8. The van der Waals surface area contributed by atoms with E-state index in [9.17, 15) is 4.79 Å². The van der Waals surface area contributed by atoms with E-state index >= 15 is 0 Å². The molecule has 2 bridgehead atoms. The average molecular weight is 263 g/mol. The summed E-state index contributed by atoms with van der Waals surface area (Å²) in [5.74, 6) is 2.77. The van der Waals surface area contributed by atoms with Crippen molar-refractivity contribution in [2.75, 3.05) is 13.7 Å². The fourth-order valence-corrected chi connectivity index (χ4v) is 3.56. The lowest BCUT2D eigenvalue weighted by molar-refractivity contribution is -0.140. The summed E-state index contributed by atoms with van der Waals surface area (Å²) in [6, 6.07) is 0. The molecule has 106 valence electrons. The molecule has 19 heavy (non-hydrogen) atoms. The summed E-state index contributed by atoms with van der Waals surface area (Å²) < 4.78 is 4.62. The number of carbonyl (C=O) groups is 1. The van der Waals surface area contributed by atoms with Crippen molar-refractivity contribution >= 4 is 5.97 Å². The van der Waals surface area contributed by atoms with Crippen molar-refractivity contribution in [1.29, 1.82) is 0 Å². The number of rotatable bonds is 7. The number of methoxy groups -OCH3 is 1. The quantitative estimate of drug-likeness (QED) is 0.436. The van der Waals surface area contributed by atoms with Gasteiger partial charge in [-0.05, 0) is 55.9 Å². The number of allylic oxidation sites excluding steroid dienone is 4. The SMILES string of the molecule is COC(=O)CCC/C=C\CC1C2C=CC(C2)C1CN. The minimum absolute atomic E-state index is 0.116. The molecule has 0 amide bonds. The van der Waals surface area contributed by atoms with E-state index in [1.54, 1.807) is 0 Å². The lowest BCUT2D eigenvalue weighted by Gasteiger charge is -2.25. The molecule has 2 N–H and O–H groups in total. The predicted molar refractivity (Wildman–Crippen MR) is 76.4 cm³/mol. The molecule has 2 aliphatic rings. The van der Waals surface area contributed by atoms with E-state index in [1.165, 1.54) is 13.5 Å². The van der Waals surface area contributed by atoms with E-state index in [1.807, 2.05) is 0 Å². The Morgan fingerprint density at radius 3 is 2.74 bits per heavy atom. The van der Waals surface area contributed by atoms with E-state index in [2.05, 4.69) is 29.0 Å². The first-order valence-electron chi connectivity index (χ1n) is 7.36. The van der Waals surface area contributed by atoms with Gasteiger partial charge in [0.05, 0.1) is 7.11 Å². The summed E-state index contributed by atoms with van der Waals surface area (Å²) in [7, 11) is 1.44. The van der Waals surface area contributed by atoms with Crippen molar-refractivity contribution in [1.82, 2.24) is 0 Å². The third kappa shape index (κ3) is 3.47. The Kier molecular flexibility index (Phi) is 5.20. The van der Waals surface area contributed by atoms with E-state index in [0.717, 1.165) is 43.6 Å². The monoisotopic (exact) mass is 263 g/mol. The molecule has 0 heterocycles. The maximum atomic E-state index is 11.0. The Balaban J connectivity index is 1.68. The highest BCUT2D eigenvalue weighted by Gasteiger charge is 2.42. The molecule has 3 heteroatoms.